The van der Waals surface area contributed by atoms with Gasteiger partial charge in [0.05, 0.1) is 13.2 Å². The molecule has 2 aromatic rings. The molecule has 0 saturated heterocycles. The van der Waals surface area contributed by atoms with E-state index < -0.39 is 6.10 Å². The summed E-state index contributed by atoms with van der Waals surface area (Å²) in [5.74, 6) is 0.491. The van der Waals surface area contributed by atoms with Crippen LogP contribution in [0.25, 0.3) is 0 Å². The van der Waals surface area contributed by atoms with Crippen LogP contribution in [0.1, 0.15) is 47.7 Å². The molecule has 1 unspecified atom stereocenters. The van der Waals surface area contributed by atoms with Crippen LogP contribution in [0.2, 0.25) is 0 Å². The number of aliphatic hydroxyl groups is 1. The lowest BCUT2D eigenvalue weighted by Gasteiger charge is -2.24. The standard InChI is InChI=1S/C21H26N2O3/c1-23-12-5-3-4-9-20(24)18-13-15(10-11-19(18)23)21(25)22-16-7-6-8-17(14-16)26-2/h6-8,10-11,13-14,20,24H,3-5,9,12H2,1-2H3,(H,22,25). The molecule has 3 rings (SSSR count). The van der Waals surface area contributed by atoms with Crippen molar-refractivity contribution in [3.63, 3.8) is 0 Å². The van der Waals surface area contributed by atoms with Gasteiger partial charge < -0.3 is 20.1 Å². The maximum absolute atomic E-state index is 12.7. The molecule has 0 radical (unpaired) electrons. The van der Waals surface area contributed by atoms with E-state index in [1.165, 1.54) is 0 Å². The van der Waals surface area contributed by atoms with Crippen LogP contribution in [-0.4, -0.2) is 31.7 Å². The van der Waals surface area contributed by atoms with Crippen LogP contribution >= 0.6 is 0 Å². The number of aliphatic hydroxyl groups excluding tert-OH is 1. The van der Waals surface area contributed by atoms with Crippen LogP contribution in [0.3, 0.4) is 0 Å². The quantitative estimate of drug-likeness (QED) is 0.875. The first kappa shape index (κ1) is 18.3. The molecule has 0 aromatic heterocycles. The highest BCUT2D eigenvalue weighted by Crippen LogP contribution is 2.32. The second-order valence-electron chi connectivity index (χ2n) is 6.75. The molecule has 0 saturated carbocycles. The van der Waals surface area contributed by atoms with E-state index in [4.69, 9.17) is 4.74 Å². The van der Waals surface area contributed by atoms with Gasteiger partial charge in [0.2, 0.25) is 0 Å². The van der Waals surface area contributed by atoms with Crippen LogP contribution < -0.4 is 15.0 Å². The van der Waals surface area contributed by atoms with E-state index in [2.05, 4.69) is 10.2 Å². The Morgan fingerprint density at radius 2 is 2.04 bits per heavy atom. The van der Waals surface area contributed by atoms with E-state index in [-0.39, 0.29) is 5.91 Å². The Labute approximate surface area is 154 Å². The Bertz CT molecular complexity index is 776. The number of nitrogens with one attached hydrogen (secondary N) is 1. The monoisotopic (exact) mass is 354 g/mol. The molecule has 26 heavy (non-hydrogen) atoms. The lowest BCUT2D eigenvalue weighted by molar-refractivity contribution is 0.102. The van der Waals surface area contributed by atoms with Crippen molar-refractivity contribution in [2.75, 3.05) is 30.9 Å². The Hall–Kier alpha value is -2.53. The molecule has 138 valence electrons. The number of hydrogen-bond acceptors (Lipinski definition) is 4. The second-order valence-corrected chi connectivity index (χ2v) is 6.75. The summed E-state index contributed by atoms with van der Waals surface area (Å²) in [6.07, 6.45) is 3.39. The summed E-state index contributed by atoms with van der Waals surface area (Å²) in [5, 5.41) is 13.5. The van der Waals surface area contributed by atoms with E-state index in [9.17, 15) is 9.90 Å². The summed E-state index contributed by atoms with van der Waals surface area (Å²) in [7, 11) is 3.63. The van der Waals surface area contributed by atoms with Gasteiger partial charge in [0.1, 0.15) is 5.75 Å². The molecule has 0 aliphatic carbocycles. The second kappa shape index (κ2) is 8.23. The largest absolute Gasteiger partial charge is 0.497 e. The zero-order valence-electron chi connectivity index (χ0n) is 15.4. The third-order valence-corrected chi connectivity index (χ3v) is 4.86. The van der Waals surface area contributed by atoms with Crippen molar-refractivity contribution in [3.05, 3.63) is 53.6 Å². The Balaban J connectivity index is 1.86. The smallest absolute Gasteiger partial charge is 0.255 e. The maximum Gasteiger partial charge on any atom is 0.255 e. The number of hydrogen-bond donors (Lipinski definition) is 2. The predicted octanol–water partition coefficient (Wildman–Crippen LogP) is 3.99. The predicted molar refractivity (Wildman–Crippen MR) is 104 cm³/mol. The highest BCUT2D eigenvalue weighted by atomic mass is 16.5. The fourth-order valence-corrected chi connectivity index (χ4v) is 3.35. The van der Waals surface area contributed by atoms with Gasteiger partial charge in [0.25, 0.3) is 5.91 Å². The molecule has 2 N–H and O–H groups in total. The summed E-state index contributed by atoms with van der Waals surface area (Å²) in [6.45, 7) is 0.953. The van der Waals surface area contributed by atoms with Crippen molar-refractivity contribution in [1.82, 2.24) is 0 Å². The molecule has 0 spiro atoms. The average Bonchev–Trinajstić information content (AvgIpc) is 2.72. The van der Waals surface area contributed by atoms with Crippen LogP contribution in [-0.2, 0) is 0 Å². The Kier molecular flexibility index (Phi) is 5.78. The molecular weight excluding hydrogens is 328 g/mol. The zero-order valence-corrected chi connectivity index (χ0v) is 15.4. The fraction of sp³-hybridized carbons (Fsp3) is 0.381. The van der Waals surface area contributed by atoms with Gasteiger partial charge in [0, 0.05) is 42.2 Å². The van der Waals surface area contributed by atoms with E-state index in [0.717, 1.165) is 43.5 Å². The summed E-state index contributed by atoms with van der Waals surface area (Å²) in [4.78, 5) is 14.8. The van der Waals surface area contributed by atoms with Crippen LogP contribution in [0.4, 0.5) is 11.4 Å². The molecule has 1 aliphatic rings. The van der Waals surface area contributed by atoms with Gasteiger partial charge in [-0.15, -0.1) is 0 Å². The van der Waals surface area contributed by atoms with Gasteiger partial charge >= 0.3 is 0 Å². The Morgan fingerprint density at radius 1 is 1.19 bits per heavy atom. The van der Waals surface area contributed by atoms with E-state index >= 15 is 0 Å². The number of rotatable bonds is 3. The number of methoxy groups -OCH3 is 1. The van der Waals surface area contributed by atoms with Gasteiger partial charge in [-0.1, -0.05) is 18.9 Å². The lowest BCUT2D eigenvalue weighted by atomic mass is 9.99. The first-order valence-electron chi connectivity index (χ1n) is 9.07. The van der Waals surface area contributed by atoms with Crippen LogP contribution in [0, 0.1) is 0 Å². The number of carbonyl (C=O) groups excluding carboxylic acids is 1. The van der Waals surface area contributed by atoms with Crippen molar-refractivity contribution in [1.29, 1.82) is 0 Å². The minimum atomic E-state index is -0.546. The summed E-state index contributed by atoms with van der Waals surface area (Å²) in [6, 6.07) is 12.8. The van der Waals surface area contributed by atoms with E-state index in [1.807, 2.05) is 43.4 Å². The Morgan fingerprint density at radius 3 is 2.85 bits per heavy atom. The molecule has 2 aromatic carbocycles. The number of nitrogens with zero attached hydrogens (tertiary/aromatic N) is 1. The van der Waals surface area contributed by atoms with E-state index in [0.29, 0.717) is 17.0 Å². The van der Waals surface area contributed by atoms with Gasteiger partial charge in [-0.05, 0) is 43.2 Å². The van der Waals surface area contributed by atoms with Crippen LogP contribution in [0.15, 0.2) is 42.5 Å². The highest BCUT2D eigenvalue weighted by Gasteiger charge is 2.19. The summed E-state index contributed by atoms with van der Waals surface area (Å²) < 4.78 is 5.19. The van der Waals surface area contributed by atoms with Crippen molar-refractivity contribution in [3.8, 4) is 5.75 Å². The third kappa shape index (κ3) is 4.17. The average molecular weight is 354 g/mol. The summed E-state index contributed by atoms with van der Waals surface area (Å²) >= 11 is 0. The van der Waals surface area contributed by atoms with Crippen molar-refractivity contribution in [2.45, 2.75) is 31.8 Å². The molecule has 0 fully saturated rings. The molecule has 5 nitrogen and oxygen atoms in total. The van der Waals surface area contributed by atoms with E-state index in [1.54, 1.807) is 13.2 Å². The topological polar surface area (TPSA) is 61.8 Å². The zero-order chi connectivity index (χ0) is 18.5. The molecule has 5 heteroatoms. The lowest BCUT2D eigenvalue weighted by Crippen LogP contribution is -2.21. The first-order valence-corrected chi connectivity index (χ1v) is 9.07. The highest BCUT2D eigenvalue weighted by molar-refractivity contribution is 6.04. The SMILES string of the molecule is COc1cccc(NC(=O)c2ccc3c(c2)C(O)CCCCCN3C)c1. The molecule has 0 bridgehead atoms. The number of carbonyl (C=O) groups is 1. The number of anilines is 2. The number of benzene rings is 2. The van der Waals surface area contributed by atoms with Crippen LogP contribution in [0.5, 0.6) is 5.75 Å². The minimum Gasteiger partial charge on any atom is -0.497 e. The van der Waals surface area contributed by atoms with Crippen molar-refractivity contribution >= 4 is 17.3 Å². The normalized spacial score (nSPS) is 17.5. The number of amides is 1. The fourth-order valence-electron chi connectivity index (χ4n) is 3.35. The maximum atomic E-state index is 12.7. The molecule has 1 heterocycles. The summed E-state index contributed by atoms with van der Waals surface area (Å²) in [5.41, 5.74) is 3.04. The number of ether oxygens (including phenoxy) is 1. The molecule has 1 aliphatic heterocycles. The minimum absolute atomic E-state index is 0.198. The molecule has 1 atom stereocenters. The van der Waals surface area contributed by atoms with Gasteiger partial charge in [-0.3, -0.25) is 4.79 Å². The van der Waals surface area contributed by atoms with Gasteiger partial charge in [-0.25, -0.2) is 0 Å². The van der Waals surface area contributed by atoms with Crippen molar-refractivity contribution < 1.29 is 14.6 Å². The number of fused-ring (bicyclic) bond motifs is 1. The molecule has 1 amide bonds. The van der Waals surface area contributed by atoms with Crippen molar-refractivity contribution in [2.24, 2.45) is 0 Å². The molecular formula is C21H26N2O3. The van der Waals surface area contributed by atoms with Gasteiger partial charge in [-0.2, -0.15) is 0 Å². The first-order chi connectivity index (χ1) is 12.6. The third-order valence-electron chi connectivity index (χ3n) is 4.86. The van der Waals surface area contributed by atoms with Gasteiger partial charge in [0.15, 0.2) is 0 Å².